The van der Waals surface area contributed by atoms with Crippen LogP contribution in [0.4, 0.5) is 4.79 Å². The summed E-state index contributed by atoms with van der Waals surface area (Å²) in [5, 5.41) is 6.95. The van der Waals surface area contributed by atoms with Crippen molar-refractivity contribution in [2.45, 2.75) is 25.3 Å². The first-order valence-electron chi connectivity index (χ1n) is 6.74. The van der Waals surface area contributed by atoms with Crippen molar-refractivity contribution in [1.29, 1.82) is 0 Å². The molecule has 6 nitrogen and oxygen atoms in total. The van der Waals surface area contributed by atoms with E-state index in [2.05, 4.69) is 10.2 Å². The highest BCUT2D eigenvalue weighted by molar-refractivity contribution is 5.75. The maximum Gasteiger partial charge on any atom is 0.320 e. The van der Waals surface area contributed by atoms with E-state index in [1.807, 2.05) is 18.0 Å². The van der Waals surface area contributed by atoms with Crippen molar-refractivity contribution in [3.05, 3.63) is 18.0 Å². The molecule has 0 aliphatic carbocycles. The number of carbonyl (C=O) groups is 1. The van der Waals surface area contributed by atoms with Gasteiger partial charge in [-0.05, 0) is 25.3 Å². The summed E-state index contributed by atoms with van der Waals surface area (Å²) in [7, 11) is 3.52. The minimum absolute atomic E-state index is 0.0909. The molecule has 1 aromatic heterocycles. The Labute approximate surface area is 113 Å². The number of nitrogens with zero attached hydrogens (tertiary/aromatic N) is 3. The smallest absolute Gasteiger partial charge is 0.320 e. The third kappa shape index (κ3) is 3.26. The molecule has 1 fully saturated rings. The average Bonchev–Trinajstić information content (AvgIpc) is 3.08. The number of methoxy groups -OCH3 is 1. The van der Waals surface area contributed by atoms with E-state index in [1.165, 1.54) is 0 Å². The molecular formula is C13H22N4O2. The minimum atomic E-state index is 0.0909. The summed E-state index contributed by atoms with van der Waals surface area (Å²) in [6.45, 7) is 2.22. The molecule has 1 aliphatic heterocycles. The number of nitrogens with one attached hydrogen (secondary N) is 1. The molecule has 2 rings (SSSR count). The third-order valence-electron chi connectivity index (χ3n) is 3.55. The van der Waals surface area contributed by atoms with E-state index >= 15 is 0 Å². The number of urea groups is 1. The van der Waals surface area contributed by atoms with E-state index < -0.39 is 0 Å². The zero-order valence-corrected chi connectivity index (χ0v) is 11.6. The quantitative estimate of drug-likeness (QED) is 0.824. The zero-order valence-electron chi connectivity index (χ0n) is 11.6. The van der Waals surface area contributed by atoms with Crippen molar-refractivity contribution in [1.82, 2.24) is 20.0 Å². The zero-order chi connectivity index (χ0) is 13.7. The Hall–Kier alpha value is -1.56. The molecule has 1 aromatic rings. The average molecular weight is 266 g/mol. The first-order valence-corrected chi connectivity index (χ1v) is 6.74. The predicted octanol–water partition coefficient (Wildman–Crippen LogP) is 1.63. The van der Waals surface area contributed by atoms with Crippen LogP contribution in [-0.2, 0) is 4.74 Å². The van der Waals surface area contributed by atoms with Crippen molar-refractivity contribution in [3.8, 4) is 0 Å². The number of aromatic nitrogens is 2. The summed E-state index contributed by atoms with van der Waals surface area (Å²) in [4.78, 5) is 16.1. The van der Waals surface area contributed by atoms with Gasteiger partial charge in [0.05, 0.1) is 11.7 Å². The van der Waals surface area contributed by atoms with Gasteiger partial charge in [-0.15, -0.1) is 0 Å². The number of likely N-dealkylation sites (tertiary alicyclic amines) is 1. The summed E-state index contributed by atoms with van der Waals surface area (Å²) in [6, 6.07) is 2.18. The molecule has 1 N–H and O–H groups in total. The van der Waals surface area contributed by atoms with Gasteiger partial charge in [0.2, 0.25) is 0 Å². The number of ether oxygens (including phenoxy) is 1. The number of hydrogen-bond donors (Lipinski definition) is 1. The molecule has 0 spiro atoms. The van der Waals surface area contributed by atoms with E-state index in [0.29, 0.717) is 6.61 Å². The standard InChI is InChI=1S/C13H22N4O2/c1-16(8-4-10-19-2)13(18)17-9-3-5-12(17)11-6-7-14-15-11/h6-7,12H,3-5,8-10H2,1-2H3,(H,14,15)/t12-/m0/s1. The van der Waals surface area contributed by atoms with Gasteiger partial charge < -0.3 is 14.5 Å². The molecular weight excluding hydrogens is 244 g/mol. The van der Waals surface area contributed by atoms with Crippen LogP contribution < -0.4 is 0 Å². The van der Waals surface area contributed by atoms with Crippen LogP contribution >= 0.6 is 0 Å². The lowest BCUT2D eigenvalue weighted by molar-refractivity contribution is 0.146. The molecule has 0 radical (unpaired) electrons. The molecule has 0 aromatic carbocycles. The van der Waals surface area contributed by atoms with Gasteiger partial charge in [0.15, 0.2) is 0 Å². The summed E-state index contributed by atoms with van der Waals surface area (Å²) >= 11 is 0. The SMILES string of the molecule is COCCCN(C)C(=O)N1CCC[C@H]1c1ccn[nH]1. The van der Waals surface area contributed by atoms with E-state index in [0.717, 1.165) is 38.0 Å². The number of H-pyrrole nitrogens is 1. The summed E-state index contributed by atoms with van der Waals surface area (Å²) in [6.07, 6.45) is 4.64. The fourth-order valence-electron chi connectivity index (χ4n) is 2.53. The lowest BCUT2D eigenvalue weighted by atomic mass is 10.1. The fraction of sp³-hybridized carbons (Fsp3) is 0.692. The van der Waals surface area contributed by atoms with Crippen molar-refractivity contribution in [2.24, 2.45) is 0 Å². The number of aromatic amines is 1. The Bertz CT molecular complexity index is 393. The lowest BCUT2D eigenvalue weighted by Crippen LogP contribution is -2.41. The first kappa shape index (κ1) is 13.9. The molecule has 6 heteroatoms. The minimum Gasteiger partial charge on any atom is -0.385 e. The third-order valence-corrected chi connectivity index (χ3v) is 3.55. The molecule has 2 amide bonds. The van der Waals surface area contributed by atoms with E-state index in [9.17, 15) is 4.79 Å². The Balaban J connectivity index is 1.94. The van der Waals surface area contributed by atoms with Gasteiger partial charge in [-0.3, -0.25) is 5.10 Å². The molecule has 0 unspecified atom stereocenters. The Kier molecular flexibility index (Phi) is 4.79. The van der Waals surface area contributed by atoms with Crippen LogP contribution in [0.5, 0.6) is 0 Å². The van der Waals surface area contributed by atoms with Crippen molar-refractivity contribution in [2.75, 3.05) is 33.9 Å². The van der Waals surface area contributed by atoms with E-state index in [1.54, 1.807) is 18.2 Å². The van der Waals surface area contributed by atoms with Crippen molar-refractivity contribution >= 4 is 6.03 Å². The summed E-state index contributed by atoms with van der Waals surface area (Å²) in [5.41, 5.74) is 1.02. The van der Waals surface area contributed by atoms with Gasteiger partial charge in [-0.1, -0.05) is 0 Å². The second-order valence-corrected chi connectivity index (χ2v) is 4.91. The van der Waals surface area contributed by atoms with Crippen LogP contribution in [0.2, 0.25) is 0 Å². The number of amides is 2. The Morgan fingerprint density at radius 2 is 2.53 bits per heavy atom. The second kappa shape index (κ2) is 6.56. The van der Waals surface area contributed by atoms with Crippen LogP contribution in [-0.4, -0.2) is 59.9 Å². The van der Waals surface area contributed by atoms with Crippen LogP contribution in [0.3, 0.4) is 0 Å². The molecule has 0 bridgehead atoms. The van der Waals surface area contributed by atoms with Gasteiger partial charge in [0, 0.05) is 40.1 Å². The van der Waals surface area contributed by atoms with Gasteiger partial charge in [0.1, 0.15) is 0 Å². The van der Waals surface area contributed by atoms with Gasteiger partial charge >= 0.3 is 6.03 Å². The first-order chi connectivity index (χ1) is 9.24. The van der Waals surface area contributed by atoms with Crippen LogP contribution in [0.1, 0.15) is 31.0 Å². The van der Waals surface area contributed by atoms with Crippen LogP contribution in [0, 0.1) is 0 Å². The number of carbonyl (C=O) groups excluding carboxylic acids is 1. The van der Waals surface area contributed by atoms with E-state index in [-0.39, 0.29) is 12.1 Å². The van der Waals surface area contributed by atoms with E-state index in [4.69, 9.17) is 4.74 Å². The Morgan fingerprint density at radius 3 is 3.21 bits per heavy atom. The molecule has 1 aliphatic rings. The Morgan fingerprint density at radius 1 is 1.68 bits per heavy atom. The van der Waals surface area contributed by atoms with Gasteiger partial charge in [-0.2, -0.15) is 5.10 Å². The second-order valence-electron chi connectivity index (χ2n) is 4.91. The molecule has 19 heavy (non-hydrogen) atoms. The predicted molar refractivity (Wildman–Crippen MR) is 71.8 cm³/mol. The monoisotopic (exact) mass is 266 g/mol. The maximum atomic E-state index is 12.4. The number of rotatable bonds is 5. The highest BCUT2D eigenvalue weighted by atomic mass is 16.5. The normalized spacial score (nSPS) is 18.8. The molecule has 106 valence electrons. The highest BCUT2D eigenvalue weighted by Crippen LogP contribution is 2.31. The highest BCUT2D eigenvalue weighted by Gasteiger charge is 2.32. The summed E-state index contributed by atoms with van der Waals surface area (Å²) < 4.78 is 5.01. The number of hydrogen-bond acceptors (Lipinski definition) is 3. The lowest BCUT2D eigenvalue weighted by Gasteiger charge is -2.29. The topological polar surface area (TPSA) is 61.5 Å². The van der Waals surface area contributed by atoms with Crippen molar-refractivity contribution < 1.29 is 9.53 Å². The van der Waals surface area contributed by atoms with Crippen LogP contribution in [0.15, 0.2) is 12.3 Å². The summed E-state index contributed by atoms with van der Waals surface area (Å²) in [5.74, 6) is 0. The molecule has 1 saturated heterocycles. The largest absolute Gasteiger partial charge is 0.385 e. The maximum absolute atomic E-state index is 12.4. The fourth-order valence-corrected chi connectivity index (χ4v) is 2.53. The van der Waals surface area contributed by atoms with Gasteiger partial charge in [0.25, 0.3) is 0 Å². The van der Waals surface area contributed by atoms with Crippen molar-refractivity contribution in [3.63, 3.8) is 0 Å². The molecule has 0 saturated carbocycles. The van der Waals surface area contributed by atoms with Gasteiger partial charge in [-0.25, -0.2) is 4.79 Å². The van der Waals surface area contributed by atoms with Crippen LogP contribution in [0.25, 0.3) is 0 Å². The molecule has 1 atom stereocenters. The molecule has 2 heterocycles.